The molecule has 0 amide bonds. The van der Waals surface area contributed by atoms with Crippen molar-refractivity contribution in [1.82, 2.24) is 0 Å². The average molecular weight is 172 g/mol. The Bertz CT molecular complexity index is 207. The van der Waals surface area contributed by atoms with E-state index in [0.717, 1.165) is 0 Å². The van der Waals surface area contributed by atoms with Crippen LogP contribution in [0.25, 0.3) is 0 Å². The number of terminal acetylenes is 1. The van der Waals surface area contributed by atoms with Crippen molar-refractivity contribution >= 4 is 11.1 Å². The van der Waals surface area contributed by atoms with Gasteiger partial charge in [0, 0.05) is 5.92 Å². The fourth-order valence-corrected chi connectivity index (χ4v) is 2.41. The van der Waals surface area contributed by atoms with Gasteiger partial charge in [0.25, 0.3) is 0 Å². The zero-order valence-electron chi connectivity index (χ0n) is 6.74. The van der Waals surface area contributed by atoms with Gasteiger partial charge in [0.2, 0.25) is 0 Å². The quantitative estimate of drug-likeness (QED) is 0.509. The molecule has 3 heteroatoms. The first-order valence-electron chi connectivity index (χ1n) is 3.66. The molecule has 1 rings (SSSR count). The molecule has 0 aromatic heterocycles. The number of hydrogen-bond donors (Lipinski definition) is 0. The van der Waals surface area contributed by atoms with Crippen molar-refractivity contribution in [3.05, 3.63) is 0 Å². The van der Waals surface area contributed by atoms with Crippen LogP contribution in [0.15, 0.2) is 0 Å². The van der Waals surface area contributed by atoms with Crippen LogP contribution in [0.5, 0.6) is 0 Å². The van der Waals surface area contributed by atoms with Crippen molar-refractivity contribution in [2.45, 2.75) is 20.0 Å². The summed E-state index contributed by atoms with van der Waals surface area (Å²) in [6.07, 6.45) is 5.30. The molecule has 0 spiro atoms. The largest absolute Gasteiger partial charge is 0.287 e. The summed E-state index contributed by atoms with van der Waals surface area (Å²) in [6, 6.07) is 0. The molecular formula is C8H12O2S. The number of rotatable bonds is 0. The molecule has 11 heavy (non-hydrogen) atoms. The maximum Gasteiger partial charge on any atom is 0.156 e. The molecule has 4 unspecified atom stereocenters. The first-order chi connectivity index (χ1) is 5.15. The van der Waals surface area contributed by atoms with Crippen LogP contribution in [0, 0.1) is 24.2 Å². The molecule has 0 bridgehead atoms. The van der Waals surface area contributed by atoms with Gasteiger partial charge in [-0.3, -0.25) is 4.18 Å². The van der Waals surface area contributed by atoms with Crippen LogP contribution in [-0.4, -0.2) is 16.1 Å². The van der Waals surface area contributed by atoms with E-state index in [4.69, 9.17) is 10.6 Å². The zero-order valence-corrected chi connectivity index (χ0v) is 7.56. The monoisotopic (exact) mass is 172 g/mol. The Hall–Kier alpha value is -0.330. The molecule has 0 N–H and O–H groups in total. The third-order valence-electron chi connectivity index (χ3n) is 2.16. The summed E-state index contributed by atoms with van der Waals surface area (Å²) in [6.45, 7) is 3.94. The molecule has 1 aliphatic rings. The van der Waals surface area contributed by atoms with Gasteiger partial charge in [-0.15, -0.1) is 12.3 Å². The topological polar surface area (TPSA) is 26.3 Å². The van der Waals surface area contributed by atoms with Crippen LogP contribution >= 0.6 is 0 Å². The molecule has 0 aromatic carbocycles. The van der Waals surface area contributed by atoms with E-state index in [2.05, 4.69) is 5.92 Å². The Morgan fingerprint density at radius 1 is 1.64 bits per heavy atom. The second kappa shape index (κ2) is 3.38. The van der Waals surface area contributed by atoms with Crippen LogP contribution in [0.1, 0.15) is 13.8 Å². The lowest BCUT2D eigenvalue weighted by Crippen LogP contribution is -2.35. The van der Waals surface area contributed by atoms with Crippen molar-refractivity contribution in [3.63, 3.8) is 0 Å². The van der Waals surface area contributed by atoms with Gasteiger partial charge in [-0.25, -0.2) is 4.21 Å². The summed E-state index contributed by atoms with van der Waals surface area (Å²) in [5.41, 5.74) is 0. The second-order valence-corrected chi connectivity index (χ2v) is 4.04. The third kappa shape index (κ3) is 1.82. The smallest absolute Gasteiger partial charge is 0.156 e. The van der Waals surface area contributed by atoms with Gasteiger partial charge in [-0.2, -0.15) is 0 Å². The number of hydrogen-bond acceptors (Lipinski definition) is 2. The van der Waals surface area contributed by atoms with Gasteiger partial charge < -0.3 is 0 Å². The third-order valence-corrected chi connectivity index (χ3v) is 3.31. The molecule has 2 nitrogen and oxygen atoms in total. The lowest BCUT2D eigenvalue weighted by molar-refractivity contribution is 0.141. The fourth-order valence-electron chi connectivity index (χ4n) is 1.12. The Kier molecular flexibility index (Phi) is 2.69. The van der Waals surface area contributed by atoms with Crippen molar-refractivity contribution in [2.24, 2.45) is 11.8 Å². The van der Waals surface area contributed by atoms with Gasteiger partial charge in [-0.05, 0) is 12.8 Å². The molecule has 4 atom stereocenters. The maximum absolute atomic E-state index is 11.0. The average Bonchev–Trinajstić information content (AvgIpc) is 1.96. The van der Waals surface area contributed by atoms with Crippen molar-refractivity contribution in [1.29, 1.82) is 0 Å². The molecule has 0 saturated carbocycles. The van der Waals surface area contributed by atoms with E-state index >= 15 is 0 Å². The molecule has 0 radical (unpaired) electrons. The van der Waals surface area contributed by atoms with Crippen molar-refractivity contribution in [3.8, 4) is 12.3 Å². The van der Waals surface area contributed by atoms with E-state index < -0.39 is 11.1 Å². The van der Waals surface area contributed by atoms with Crippen LogP contribution < -0.4 is 0 Å². The molecule has 1 saturated heterocycles. The summed E-state index contributed by atoms with van der Waals surface area (Å²) in [5, 5.41) is 0. The van der Waals surface area contributed by atoms with Gasteiger partial charge >= 0.3 is 0 Å². The van der Waals surface area contributed by atoms with E-state index in [9.17, 15) is 4.21 Å². The van der Waals surface area contributed by atoms with Gasteiger partial charge in [-0.1, -0.05) is 6.92 Å². The molecular weight excluding hydrogens is 160 g/mol. The fraction of sp³-hybridized carbons (Fsp3) is 0.750. The first kappa shape index (κ1) is 8.76. The van der Waals surface area contributed by atoms with E-state index in [1.807, 2.05) is 13.8 Å². The van der Waals surface area contributed by atoms with E-state index in [1.165, 1.54) is 0 Å². The molecule has 0 aromatic rings. The van der Waals surface area contributed by atoms with E-state index in [0.29, 0.717) is 11.7 Å². The Morgan fingerprint density at radius 3 is 2.82 bits per heavy atom. The summed E-state index contributed by atoms with van der Waals surface area (Å²) in [7, 11) is 0. The van der Waals surface area contributed by atoms with Crippen LogP contribution in [0.2, 0.25) is 0 Å². The first-order valence-corrected chi connectivity index (χ1v) is 4.91. The molecule has 1 aliphatic heterocycles. The molecule has 1 heterocycles. The van der Waals surface area contributed by atoms with Crippen LogP contribution in [0.4, 0.5) is 0 Å². The Balaban J connectivity index is 2.68. The normalized spacial score (nSPS) is 44.8. The highest BCUT2D eigenvalue weighted by molar-refractivity contribution is 7.80. The minimum atomic E-state index is -1.16. The minimum absolute atomic E-state index is 0.0191. The highest BCUT2D eigenvalue weighted by atomic mass is 32.2. The van der Waals surface area contributed by atoms with Crippen LogP contribution in [-0.2, 0) is 15.3 Å². The molecule has 0 aliphatic carbocycles. The predicted octanol–water partition coefficient (Wildman–Crippen LogP) is 0.954. The summed E-state index contributed by atoms with van der Waals surface area (Å²) < 4.78 is 16.1. The van der Waals surface area contributed by atoms with Gasteiger partial charge in [0.05, 0.1) is 11.9 Å². The van der Waals surface area contributed by atoms with Gasteiger partial charge in [0.1, 0.15) is 0 Å². The van der Waals surface area contributed by atoms with Gasteiger partial charge in [0.15, 0.2) is 11.1 Å². The standard InChI is InChI=1S/C8H12O2S/c1-4-8-5-11(9)10-7(3)6(8)2/h1,6-8H,5H2,2-3H3. The van der Waals surface area contributed by atoms with E-state index in [-0.39, 0.29) is 12.0 Å². The van der Waals surface area contributed by atoms with Crippen molar-refractivity contribution in [2.75, 3.05) is 5.75 Å². The summed E-state index contributed by atoms with van der Waals surface area (Å²) >= 11 is -1.16. The second-order valence-electron chi connectivity index (χ2n) is 2.90. The SMILES string of the molecule is C#CC1CS(=O)OC(C)C1C. The van der Waals surface area contributed by atoms with E-state index in [1.54, 1.807) is 0 Å². The summed E-state index contributed by atoms with van der Waals surface area (Å²) in [4.78, 5) is 0. The predicted molar refractivity (Wildman–Crippen MR) is 45.0 cm³/mol. The minimum Gasteiger partial charge on any atom is -0.287 e. The highest BCUT2D eigenvalue weighted by Gasteiger charge is 2.30. The lowest BCUT2D eigenvalue weighted by atomic mass is 9.92. The van der Waals surface area contributed by atoms with Crippen LogP contribution in [0.3, 0.4) is 0 Å². The molecule has 1 fully saturated rings. The maximum atomic E-state index is 11.0. The Morgan fingerprint density at radius 2 is 2.27 bits per heavy atom. The Labute approximate surface area is 70.0 Å². The van der Waals surface area contributed by atoms with Crippen molar-refractivity contribution < 1.29 is 8.39 Å². The summed E-state index contributed by atoms with van der Waals surface area (Å²) in [5.74, 6) is 3.56. The highest BCUT2D eigenvalue weighted by Crippen LogP contribution is 2.24. The molecule has 62 valence electrons. The lowest BCUT2D eigenvalue weighted by Gasteiger charge is -2.29. The zero-order chi connectivity index (χ0) is 8.43.